The van der Waals surface area contributed by atoms with E-state index in [9.17, 15) is 5.26 Å². The summed E-state index contributed by atoms with van der Waals surface area (Å²) in [6.07, 6.45) is 0. The first-order chi connectivity index (χ1) is 28.7. The second-order valence-electron chi connectivity index (χ2n) is 14.4. The number of para-hydroxylation sites is 3. The number of fused-ring (bicyclic) bond motifs is 6. The molecule has 0 amide bonds. The van der Waals surface area contributed by atoms with Crippen molar-refractivity contribution in [3.63, 3.8) is 0 Å². The lowest BCUT2D eigenvalue weighted by Crippen LogP contribution is -2.04. The van der Waals surface area contributed by atoms with Crippen molar-refractivity contribution >= 4 is 43.6 Å². The van der Waals surface area contributed by atoms with E-state index in [1.807, 2.05) is 84.9 Å². The molecule has 58 heavy (non-hydrogen) atoms. The van der Waals surface area contributed by atoms with Crippen LogP contribution in [0.5, 0.6) is 0 Å². The van der Waals surface area contributed by atoms with Crippen molar-refractivity contribution in [3.05, 3.63) is 200 Å². The van der Waals surface area contributed by atoms with E-state index in [0.717, 1.165) is 72.0 Å². The number of nitriles is 1. The van der Waals surface area contributed by atoms with E-state index in [0.29, 0.717) is 23.0 Å². The first-order valence-electron chi connectivity index (χ1n) is 19.3. The molecule has 3 heterocycles. The SMILES string of the molecule is N#Cc1ccc2c(c1)c1ccccc1n2-c1ccc(-c2ccc3c4ccccc4n(-c4ccccc4)c3c2)cc1-c1nc(-c2ccccc2)nc(-c2ccccc2)n1. The van der Waals surface area contributed by atoms with E-state index in [1.165, 1.54) is 10.8 Å². The van der Waals surface area contributed by atoms with Crippen molar-refractivity contribution in [2.45, 2.75) is 0 Å². The molecular weight excluding hydrogens is 709 g/mol. The fourth-order valence-corrected chi connectivity index (χ4v) is 8.33. The molecule has 0 bridgehead atoms. The normalized spacial score (nSPS) is 11.4. The lowest BCUT2D eigenvalue weighted by Gasteiger charge is -2.16. The van der Waals surface area contributed by atoms with E-state index < -0.39 is 0 Å². The van der Waals surface area contributed by atoms with Gasteiger partial charge in [-0.15, -0.1) is 0 Å². The van der Waals surface area contributed by atoms with Crippen LogP contribution in [-0.4, -0.2) is 24.1 Å². The Balaban J connectivity index is 1.20. The second-order valence-corrected chi connectivity index (χ2v) is 14.4. The van der Waals surface area contributed by atoms with E-state index in [1.54, 1.807) is 0 Å². The highest BCUT2D eigenvalue weighted by Crippen LogP contribution is 2.40. The van der Waals surface area contributed by atoms with Crippen molar-refractivity contribution in [2.24, 2.45) is 0 Å². The van der Waals surface area contributed by atoms with Crippen LogP contribution in [0, 0.1) is 11.3 Å². The molecule has 11 aromatic rings. The number of hydrogen-bond donors (Lipinski definition) is 0. The van der Waals surface area contributed by atoms with Crippen LogP contribution in [-0.2, 0) is 0 Å². The molecule has 6 heteroatoms. The minimum atomic E-state index is 0.559. The van der Waals surface area contributed by atoms with Gasteiger partial charge in [0.05, 0.1) is 39.4 Å². The number of rotatable bonds is 6. The molecule has 0 atom stereocenters. The lowest BCUT2D eigenvalue weighted by atomic mass is 9.99. The zero-order chi connectivity index (χ0) is 38.6. The maximum Gasteiger partial charge on any atom is 0.166 e. The molecule has 0 fully saturated rings. The molecule has 0 radical (unpaired) electrons. The third-order valence-corrected chi connectivity index (χ3v) is 11.0. The maximum absolute atomic E-state index is 9.87. The Morgan fingerprint density at radius 2 is 0.879 bits per heavy atom. The predicted molar refractivity (Wildman–Crippen MR) is 235 cm³/mol. The molecule has 0 aliphatic carbocycles. The fraction of sp³-hybridized carbons (Fsp3) is 0. The van der Waals surface area contributed by atoms with Gasteiger partial charge < -0.3 is 9.13 Å². The van der Waals surface area contributed by atoms with E-state index in [2.05, 4.69) is 124 Å². The van der Waals surface area contributed by atoms with Crippen LogP contribution in [0.2, 0.25) is 0 Å². The van der Waals surface area contributed by atoms with Crippen molar-refractivity contribution in [1.29, 1.82) is 5.26 Å². The van der Waals surface area contributed by atoms with Gasteiger partial charge in [-0.3, -0.25) is 0 Å². The van der Waals surface area contributed by atoms with Crippen LogP contribution >= 0.6 is 0 Å². The van der Waals surface area contributed by atoms with Gasteiger partial charge in [-0.2, -0.15) is 5.26 Å². The summed E-state index contributed by atoms with van der Waals surface area (Å²) in [5, 5.41) is 14.3. The third kappa shape index (κ3) is 5.45. The van der Waals surface area contributed by atoms with Gasteiger partial charge in [-0.1, -0.05) is 133 Å². The zero-order valence-electron chi connectivity index (χ0n) is 31.2. The lowest BCUT2D eigenvalue weighted by molar-refractivity contribution is 1.06. The quantitative estimate of drug-likeness (QED) is 0.170. The number of hydrogen-bond acceptors (Lipinski definition) is 4. The Labute approximate surface area is 334 Å². The van der Waals surface area contributed by atoms with Crippen molar-refractivity contribution in [2.75, 3.05) is 0 Å². The van der Waals surface area contributed by atoms with Gasteiger partial charge in [0.2, 0.25) is 0 Å². The fourth-order valence-electron chi connectivity index (χ4n) is 8.33. The van der Waals surface area contributed by atoms with Crippen LogP contribution in [0.3, 0.4) is 0 Å². The van der Waals surface area contributed by atoms with Crippen molar-refractivity contribution in [1.82, 2.24) is 24.1 Å². The first kappa shape index (κ1) is 33.2. The topological polar surface area (TPSA) is 72.3 Å². The largest absolute Gasteiger partial charge is 0.309 e. The highest BCUT2D eigenvalue weighted by atomic mass is 15.1. The van der Waals surface area contributed by atoms with Gasteiger partial charge in [-0.05, 0) is 71.8 Å². The molecule has 8 aromatic carbocycles. The second kappa shape index (κ2) is 13.6. The molecule has 11 rings (SSSR count). The molecule has 0 saturated carbocycles. The summed E-state index contributed by atoms with van der Waals surface area (Å²) in [5.74, 6) is 1.74. The highest BCUT2D eigenvalue weighted by Gasteiger charge is 2.21. The van der Waals surface area contributed by atoms with E-state index in [4.69, 9.17) is 15.0 Å². The van der Waals surface area contributed by atoms with Crippen LogP contribution in [0.15, 0.2) is 194 Å². The Bertz CT molecular complexity index is 3340. The van der Waals surface area contributed by atoms with Gasteiger partial charge in [-0.25, -0.2) is 15.0 Å². The summed E-state index contributed by atoms with van der Waals surface area (Å²) in [6.45, 7) is 0. The van der Waals surface area contributed by atoms with Gasteiger partial charge in [0, 0.05) is 43.9 Å². The van der Waals surface area contributed by atoms with Crippen LogP contribution < -0.4 is 0 Å². The maximum atomic E-state index is 9.87. The van der Waals surface area contributed by atoms with Crippen LogP contribution in [0.25, 0.3) is 100 Å². The minimum absolute atomic E-state index is 0.559. The van der Waals surface area contributed by atoms with Gasteiger partial charge in [0.25, 0.3) is 0 Å². The zero-order valence-corrected chi connectivity index (χ0v) is 31.2. The predicted octanol–water partition coefficient (Wildman–Crippen LogP) is 12.6. The smallest absolute Gasteiger partial charge is 0.166 e. The summed E-state index contributed by atoms with van der Waals surface area (Å²) in [5.41, 5.74) is 11.7. The number of nitrogens with zero attached hydrogens (tertiary/aromatic N) is 6. The number of benzene rings is 8. The Morgan fingerprint density at radius 1 is 0.362 bits per heavy atom. The molecular formula is C52H32N6. The molecule has 270 valence electrons. The molecule has 0 aliphatic heterocycles. The Kier molecular flexibility index (Phi) is 7.76. The Morgan fingerprint density at radius 3 is 1.55 bits per heavy atom. The highest BCUT2D eigenvalue weighted by molar-refractivity contribution is 6.11. The summed E-state index contributed by atoms with van der Waals surface area (Å²) >= 11 is 0. The van der Waals surface area contributed by atoms with Crippen molar-refractivity contribution in [3.8, 4) is 62.7 Å². The Hall–Kier alpha value is -8.14. The van der Waals surface area contributed by atoms with Crippen LogP contribution in [0.4, 0.5) is 0 Å². The summed E-state index contributed by atoms with van der Waals surface area (Å²) in [6, 6.07) is 69.2. The van der Waals surface area contributed by atoms with E-state index in [-0.39, 0.29) is 0 Å². The minimum Gasteiger partial charge on any atom is -0.309 e. The van der Waals surface area contributed by atoms with Crippen molar-refractivity contribution < 1.29 is 0 Å². The molecule has 0 N–H and O–H groups in total. The molecule has 6 nitrogen and oxygen atoms in total. The summed E-state index contributed by atoms with van der Waals surface area (Å²) in [4.78, 5) is 15.5. The summed E-state index contributed by atoms with van der Waals surface area (Å²) < 4.78 is 4.62. The van der Waals surface area contributed by atoms with Gasteiger partial charge in [0.1, 0.15) is 0 Å². The molecule has 0 saturated heterocycles. The summed E-state index contributed by atoms with van der Waals surface area (Å²) in [7, 11) is 0. The monoisotopic (exact) mass is 740 g/mol. The van der Waals surface area contributed by atoms with Crippen LogP contribution in [0.1, 0.15) is 5.56 Å². The average molecular weight is 741 g/mol. The van der Waals surface area contributed by atoms with E-state index >= 15 is 0 Å². The van der Waals surface area contributed by atoms with Gasteiger partial charge in [0.15, 0.2) is 17.5 Å². The molecule has 0 unspecified atom stereocenters. The average Bonchev–Trinajstić information content (AvgIpc) is 3.81. The molecule has 0 spiro atoms. The molecule has 0 aliphatic rings. The third-order valence-electron chi connectivity index (χ3n) is 11.0. The standard InChI is InChI=1S/C52H32N6/c53-33-34-24-28-47-43(30-34)41-21-11-13-23-46(41)58(47)48-29-26-37(38-25-27-42-40-20-10-12-22-45(40)57(49(42)32-38)39-18-8-3-9-19-39)31-44(48)52-55-50(35-14-4-1-5-15-35)54-51(56-52)36-16-6-2-7-17-36/h1-32H. The number of aromatic nitrogens is 5. The first-order valence-corrected chi connectivity index (χ1v) is 19.3. The molecule has 3 aromatic heterocycles. The van der Waals surface area contributed by atoms with Gasteiger partial charge >= 0.3 is 0 Å².